The van der Waals surface area contributed by atoms with E-state index in [0.717, 1.165) is 5.75 Å². The van der Waals surface area contributed by atoms with E-state index in [1.54, 1.807) is 0 Å². The van der Waals surface area contributed by atoms with Gasteiger partial charge >= 0.3 is 18.1 Å². The molecule has 0 radical (unpaired) electrons. The Bertz CT molecular complexity index is 324. The third kappa shape index (κ3) is 5.12. The molecule has 1 rings (SSSR count). The SMILES string of the molecule is O=C(OC/C=C/C(F)(F)F)C(=O)N1CCSC1. The molecule has 1 aliphatic heterocycles. The van der Waals surface area contributed by atoms with Crippen LogP contribution in [0.3, 0.4) is 0 Å². The van der Waals surface area contributed by atoms with Crippen LogP contribution in [-0.4, -0.2) is 47.7 Å². The summed E-state index contributed by atoms with van der Waals surface area (Å²) in [4.78, 5) is 23.7. The van der Waals surface area contributed by atoms with Crippen molar-refractivity contribution in [2.24, 2.45) is 0 Å². The van der Waals surface area contributed by atoms with Crippen molar-refractivity contribution in [3.05, 3.63) is 12.2 Å². The first kappa shape index (κ1) is 13.9. The topological polar surface area (TPSA) is 46.6 Å². The Morgan fingerprint density at radius 2 is 2.12 bits per heavy atom. The summed E-state index contributed by atoms with van der Waals surface area (Å²) in [6, 6.07) is 0. The Labute approximate surface area is 99.8 Å². The van der Waals surface area contributed by atoms with Gasteiger partial charge in [-0.3, -0.25) is 4.79 Å². The van der Waals surface area contributed by atoms with Crippen molar-refractivity contribution >= 4 is 23.6 Å². The molecule has 0 N–H and O–H groups in total. The lowest BCUT2D eigenvalue weighted by Crippen LogP contribution is -2.35. The Kier molecular flexibility index (Phi) is 4.86. The molecular weight excluding hydrogens is 259 g/mol. The molecule has 0 aliphatic carbocycles. The van der Waals surface area contributed by atoms with Crippen LogP contribution in [0.25, 0.3) is 0 Å². The second kappa shape index (κ2) is 5.95. The number of rotatable bonds is 2. The smallest absolute Gasteiger partial charge is 0.409 e. The molecule has 1 aliphatic rings. The average Bonchev–Trinajstić information content (AvgIpc) is 2.74. The van der Waals surface area contributed by atoms with Crippen LogP contribution in [-0.2, 0) is 14.3 Å². The van der Waals surface area contributed by atoms with Crippen LogP contribution in [0.1, 0.15) is 0 Å². The number of esters is 1. The monoisotopic (exact) mass is 269 g/mol. The fraction of sp³-hybridized carbons (Fsp3) is 0.556. The van der Waals surface area contributed by atoms with Gasteiger partial charge in [-0.2, -0.15) is 13.2 Å². The molecule has 96 valence electrons. The predicted molar refractivity (Wildman–Crippen MR) is 55.2 cm³/mol. The Hall–Kier alpha value is -1.18. The van der Waals surface area contributed by atoms with Crippen LogP contribution >= 0.6 is 11.8 Å². The highest BCUT2D eigenvalue weighted by molar-refractivity contribution is 7.99. The van der Waals surface area contributed by atoms with Gasteiger partial charge in [-0.15, -0.1) is 11.8 Å². The molecule has 0 bridgehead atoms. The number of hydrogen-bond acceptors (Lipinski definition) is 4. The molecule has 8 heteroatoms. The summed E-state index contributed by atoms with van der Waals surface area (Å²) in [7, 11) is 0. The molecule has 0 saturated carbocycles. The molecule has 0 aromatic rings. The van der Waals surface area contributed by atoms with Crippen molar-refractivity contribution in [1.82, 2.24) is 4.90 Å². The third-order valence-electron chi connectivity index (χ3n) is 1.83. The van der Waals surface area contributed by atoms with Gasteiger partial charge < -0.3 is 9.64 Å². The first-order valence-electron chi connectivity index (χ1n) is 4.68. The molecule has 0 aromatic carbocycles. The van der Waals surface area contributed by atoms with Crippen LogP contribution in [0.15, 0.2) is 12.2 Å². The van der Waals surface area contributed by atoms with Gasteiger partial charge in [0.05, 0.1) is 5.88 Å². The molecule has 0 spiro atoms. The lowest BCUT2D eigenvalue weighted by Gasteiger charge is -2.12. The van der Waals surface area contributed by atoms with Gasteiger partial charge in [0.1, 0.15) is 6.61 Å². The second-order valence-corrected chi connectivity index (χ2v) is 4.22. The van der Waals surface area contributed by atoms with E-state index >= 15 is 0 Å². The summed E-state index contributed by atoms with van der Waals surface area (Å²) in [5.41, 5.74) is 0. The number of halogens is 3. The van der Waals surface area contributed by atoms with Gasteiger partial charge in [-0.05, 0) is 6.08 Å². The van der Waals surface area contributed by atoms with Crippen LogP contribution < -0.4 is 0 Å². The van der Waals surface area contributed by atoms with E-state index in [0.29, 0.717) is 18.5 Å². The number of hydrogen-bond donors (Lipinski definition) is 0. The number of alkyl halides is 3. The van der Waals surface area contributed by atoms with Crippen molar-refractivity contribution in [1.29, 1.82) is 0 Å². The highest BCUT2D eigenvalue weighted by atomic mass is 32.2. The molecule has 1 saturated heterocycles. The summed E-state index contributed by atoms with van der Waals surface area (Å²) in [5.74, 6) is -0.783. The predicted octanol–water partition coefficient (Wildman–Crippen LogP) is 1.18. The zero-order valence-corrected chi connectivity index (χ0v) is 9.51. The minimum atomic E-state index is -4.44. The molecule has 1 fully saturated rings. The second-order valence-electron chi connectivity index (χ2n) is 3.15. The molecule has 17 heavy (non-hydrogen) atoms. The van der Waals surface area contributed by atoms with E-state index in [9.17, 15) is 22.8 Å². The van der Waals surface area contributed by atoms with Gasteiger partial charge in [0, 0.05) is 18.4 Å². The zero-order valence-electron chi connectivity index (χ0n) is 8.70. The van der Waals surface area contributed by atoms with Crippen molar-refractivity contribution in [3.8, 4) is 0 Å². The highest BCUT2D eigenvalue weighted by Crippen LogP contribution is 2.16. The molecule has 1 heterocycles. The van der Waals surface area contributed by atoms with Gasteiger partial charge in [0.25, 0.3) is 0 Å². The lowest BCUT2D eigenvalue weighted by molar-refractivity contribution is -0.158. The maximum atomic E-state index is 11.7. The van der Waals surface area contributed by atoms with E-state index in [-0.39, 0.29) is 6.08 Å². The Morgan fingerprint density at radius 3 is 2.65 bits per heavy atom. The van der Waals surface area contributed by atoms with Crippen LogP contribution in [0.5, 0.6) is 0 Å². The van der Waals surface area contributed by atoms with Crippen molar-refractivity contribution < 1.29 is 27.5 Å². The molecule has 0 aromatic heterocycles. The van der Waals surface area contributed by atoms with E-state index < -0.39 is 24.7 Å². The summed E-state index contributed by atoms with van der Waals surface area (Å²) in [5, 5.41) is 0. The zero-order chi connectivity index (χ0) is 12.9. The lowest BCUT2D eigenvalue weighted by atomic mass is 10.5. The van der Waals surface area contributed by atoms with E-state index in [4.69, 9.17) is 0 Å². The summed E-state index contributed by atoms with van der Waals surface area (Å²) >= 11 is 1.49. The molecule has 0 atom stereocenters. The number of thioether (sulfide) groups is 1. The number of allylic oxidation sites excluding steroid dienone is 1. The van der Waals surface area contributed by atoms with Crippen molar-refractivity contribution in [2.75, 3.05) is 24.8 Å². The molecular formula is C9H10F3NO3S. The van der Waals surface area contributed by atoms with Gasteiger partial charge in [-0.25, -0.2) is 4.79 Å². The maximum Gasteiger partial charge on any atom is 0.409 e. The normalized spacial score (nSPS) is 16.5. The van der Waals surface area contributed by atoms with Crippen LogP contribution in [0, 0.1) is 0 Å². The van der Waals surface area contributed by atoms with Gasteiger partial charge in [0.2, 0.25) is 0 Å². The van der Waals surface area contributed by atoms with E-state index in [1.165, 1.54) is 16.7 Å². The van der Waals surface area contributed by atoms with E-state index in [2.05, 4.69) is 4.74 Å². The molecule has 4 nitrogen and oxygen atoms in total. The fourth-order valence-electron chi connectivity index (χ4n) is 1.07. The first-order valence-corrected chi connectivity index (χ1v) is 5.84. The average molecular weight is 269 g/mol. The van der Waals surface area contributed by atoms with Crippen LogP contribution in [0.2, 0.25) is 0 Å². The highest BCUT2D eigenvalue weighted by Gasteiger charge is 2.26. The van der Waals surface area contributed by atoms with E-state index in [1.807, 2.05) is 0 Å². The third-order valence-corrected chi connectivity index (χ3v) is 2.80. The van der Waals surface area contributed by atoms with Crippen molar-refractivity contribution in [3.63, 3.8) is 0 Å². The Morgan fingerprint density at radius 1 is 1.41 bits per heavy atom. The molecule has 1 amide bonds. The summed E-state index contributed by atoms with van der Waals surface area (Å²) in [6.45, 7) is -0.109. The number of amides is 1. The molecule has 0 unspecified atom stereocenters. The number of carbonyl (C=O) groups excluding carboxylic acids is 2. The summed E-state index contributed by atoms with van der Waals surface area (Å²) < 4.78 is 39.4. The Balaban J connectivity index is 2.29. The van der Waals surface area contributed by atoms with Gasteiger partial charge in [0.15, 0.2) is 0 Å². The minimum Gasteiger partial charge on any atom is -0.454 e. The number of nitrogens with zero attached hydrogens (tertiary/aromatic N) is 1. The first-order chi connectivity index (χ1) is 7.90. The minimum absolute atomic E-state index is 0.0452. The van der Waals surface area contributed by atoms with Crippen LogP contribution in [0.4, 0.5) is 13.2 Å². The van der Waals surface area contributed by atoms with Crippen molar-refractivity contribution in [2.45, 2.75) is 6.18 Å². The maximum absolute atomic E-state index is 11.7. The fourth-order valence-corrected chi connectivity index (χ4v) is 2.02. The number of carbonyl (C=O) groups is 2. The number of ether oxygens (including phenoxy) is 1. The quantitative estimate of drug-likeness (QED) is 0.429. The standard InChI is InChI=1S/C9H10F3NO3S/c10-9(11,12)2-1-4-16-8(15)7(14)13-3-5-17-6-13/h1-2H,3-6H2/b2-1+. The largest absolute Gasteiger partial charge is 0.454 e. The van der Waals surface area contributed by atoms with Gasteiger partial charge in [-0.1, -0.05) is 0 Å². The summed E-state index contributed by atoms with van der Waals surface area (Å²) in [6.07, 6.45) is -3.84.